The zero-order chi connectivity index (χ0) is 26.9. The van der Waals surface area contributed by atoms with Crippen molar-refractivity contribution in [1.82, 2.24) is 14.9 Å². The van der Waals surface area contributed by atoms with E-state index in [1.807, 2.05) is 30.3 Å². The van der Waals surface area contributed by atoms with E-state index < -0.39 is 17.3 Å². The van der Waals surface area contributed by atoms with Crippen LogP contribution in [0.25, 0.3) is 22.3 Å². The molecule has 2 N–H and O–H groups in total. The maximum Gasteiger partial charge on any atom is 0.417 e. The monoisotopic (exact) mass is 541 g/mol. The highest BCUT2D eigenvalue weighted by Crippen LogP contribution is 2.35. The highest BCUT2D eigenvalue weighted by molar-refractivity contribution is 6.31. The third kappa shape index (κ3) is 5.71. The number of likely N-dealkylation sites (tertiary alicyclic amines) is 1. The summed E-state index contributed by atoms with van der Waals surface area (Å²) in [5.74, 6) is -0.0329. The van der Waals surface area contributed by atoms with Gasteiger partial charge in [-0.15, -0.1) is 0 Å². The summed E-state index contributed by atoms with van der Waals surface area (Å²) in [4.78, 5) is 22.2. The van der Waals surface area contributed by atoms with E-state index >= 15 is 0 Å². The SMILES string of the molecule is O=C(CCc1c(-c2ccc(C(F)(F)F)cn2)[nH]c2ccc(Cl)cc12)N1CCC(O)(Cc2ccccc2)CC1. The van der Waals surface area contributed by atoms with Crippen LogP contribution in [0.5, 0.6) is 0 Å². The molecule has 0 saturated carbocycles. The van der Waals surface area contributed by atoms with Crippen LogP contribution in [-0.4, -0.2) is 44.6 Å². The number of aryl methyl sites for hydroxylation is 1. The molecule has 3 heterocycles. The van der Waals surface area contributed by atoms with E-state index in [9.17, 15) is 23.1 Å². The van der Waals surface area contributed by atoms with E-state index in [0.717, 1.165) is 34.3 Å². The fraction of sp³-hybridized carbons (Fsp3) is 0.310. The lowest BCUT2D eigenvalue weighted by Crippen LogP contribution is -2.47. The smallest absolute Gasteiger partial charge is 0.389 e. The first-order valence-corrected chi connectivity index (χ1v) is 12.9. The van der Waals surface area contributed by atoms with Crippen LogP contribution in [0.15, 0.2) is 66.9 Å². The van der Waals surface area contributed by atoms with Gasteiger partial charge in [0, 0.05) is 48.1 Å². The number of halogens is 4. The number of pyridine rings is 1. The molecule has 2 aromatic heterocycles. The van der Waals surface area contributed by atoms with Crippen molar-refractivity contribution in [1.29, 1.82) is 0 Å². The second-order valence-electron chi connectivity index (χ2n) is 9.87. The number of hydrogen-bond acceptors (Lipinski definition) is 3. The lowest BCUT2D eigenvalue weighted by molar-refractivity contribution is -0.138. The predicted molar refractivity (Wildman–Crippen MR) is 141 cm³/mol. The van der Waals surface area contributed by atoms with Crippen molar-refractivity contribution in [2.24, 2.45) is 0 Å². The van der Waals surface area contributed by atoms with Crippen molar-refractivity contribution in [3.63, 3.8) is 0 Å². The number of alkyl halides is 3. The van der Waals surface area contributed by atoms with Gasteiger partial charge in [-0.3, -0.25) is 9.78 Å². The Morgan fingerprint density at radius 3 is 2.47 bits per heavy atom. The minimum Gasteiger partial charge on any atom is -0.389 e. The molecule has 198 valence electrons. The largest absolute Gasteiger partial charge is 0.417 e. The summed E-state index contributed by atoms with van der Waals surface area (Å²) in [7, 11) is 0. The highest BCUT2D eigenvalue weighted by atomic mass is 35.5. The molecule has 5 rings (SSSR count). The highest BCUT2D eigenvalue weighted by Gasteiger charge is 2.34. The molecule has 0 bridgehead atoms. The lowest BCUT2D eigenvalue weighted by Gasteiger charge is -2.38. The molecule has 0 spiro atoms. The fourth-order valence-electron chi connectivity index (χ4n) is 5.12. The summed E-state index contributed by atoms with van der Waals surface area (Å²) in [6, 6.07) is 17.5. The lowest BCUT2D eigenvalue weighted by atomic mass is 9.85. The van der Waals surface area contributed by atoms with Crippen molar-refractivity contribution in [3.8, 4) is 11.4 Å². The number of nitrogens with zero attached hydrogens (tertiary/aromatic N) is 2. The van der Waals surface area contributed by atoms with Crippen molar-refractivity contribution >= 4 is 28.4 Å². The third-order valence-electron chi connectivity index (χ3n) is 7.23. The molecule has 9 heteroatoms. The molecular weight excluding hydrogens is 515 g/mol. The number of hydrogen-bond donors (Lipinski definition) is 2. The van der Waals surface area contributed by atoms with E-state index in [2.05, 4.69) is 9.97 Å². The van der Waals surface area contributed by atoms with Gasteiger partial charge >= 0.3 is 6.18 Å². The number of benzene rings is 2. The summed E-state index contributed by atoms with van der Waals surface area (Å²) in [6.07, 6.45) is -1.54. The van der Waals surface area contributed by atoms with E-state index in [0.29, 0.717) is 55.2 Å². The number of piperidine rings is 1. The first-order chi connectivity index (χ1) is 18.1. The molecule has 1 aliphatic rings. The maximum atomic E-state index is 13.1. The van der Waals surface area contributed by atoms with Crippen LogP contribution in [-0.2, 0) is 23.8 Å². The fourth-order valence-corrected chi connectivity index (χ4v) is 5.29. The van der Waals surface area contributed by atoms with E-state index in [-0.39, 0.29) is 12.3 Å². The Labute approximate surface area is 223 Å². The number of H-pyrrole nitrogens is 1. The van der Waals surface area contributed by atoms with Gasteiger partial charge in [0.15, 0.2) is 0 Å². The van der Waals surface area contributed by atoms with Gasteiger partial charge in [0.2, 0.25) is 5.91 Å². The quantitative estimate of drug-likeness (QED) is 0.295. The van der Waals surface area contributed by atoms with Crippen LogP contribution in [0.4, 0.5) is 13.2 Å². The van der Waals surface area contributed by atoms with Crippen molar-refractivity contribution < 1.29 is 23.1 Å². The van der Waals surface area contributed by atoms with Crippen LogP contribution in [0, 0.1) is 0 Å². The molecule has 0 aliphatic carbocycles. The molecule has 1 amide bonds. The van der Waals surface area contributed by atoms with Gasteiger partial charge in [0.25, 0.3) is 0 Å². The van der Waals surface area contributed by atoms with E-state index in [1.165, 1.54) is 6.07 Å². The number of amides is 1. The average molecular weight is 542 g/mol. The first kappa shape index (κ1) is 26.3. The Hall–Kier alpha value is -3.36. The second-order valence-corrected chi connectivity index (χ2v) is 10.3. The van der Waals surface area contributed by atoms with Crippen LogP contribution in [0.2, 0.25) is 5.02 Å². The molecule has 0 radical (unpaired) electrons. The van der Waals surface area contributed by atoms with Gasteiger partial charge in [0.1, 0.15) is 0 Å². The van der Waals surface area contributed by atoms with Gasteiger partial charge in [-0.2, -0.15) is 13.2 Å². The molecule has 1 fully saturated rings. The first-order valence-electron chi connectivity index (χ1n) is 12.5. The molecule has 5 nitrogen and oxygen atoms in total. The second kappa shape index (κ2) is 10.4. The molecule has 0 atom stereocenters. The minimum absolute atomic E-state index is 0.0329. The number of aromatic amines is 1. The summed E-state index contributed by atoms with van der Waals surface area (Å²) in [5, 5.41) is 12.4. The summed E-state index contributed by atoms with van der Waals surface area (Å²) in [5.41, 5.74) is 1.87. The summed E-state index contributed by atoms with van der Waals surface area (Å²) >= 11 is 6.23. The van der Waals surface area contributed by atoms with Crippen LogP contribution in [0.1, 0.15) is 36.0 Å². The van der Waals surface area contributed by atoms with E-state index in [4.69, 9.17) is 11.6 Å². The van der Waals surface area contributed by atoms with Crippen LogP contribution >= 0.6 is 11.6 Å². The number of carbonyl (C=O) groups excluding carboxylic acids is 1. The molecular formula is C29H27ClF3N3O2. The Kier molecular flexibility index (Phi) is 7.20. The Bertz CT molecular complexity index is 1430. The predicted octanol–water partition coefficient (Wildman–Crippen LogP) is 6.43. The summed E-state index contributed by atoms with van der Waals surface area (Å²) in [6.45, 7) is 0.935. The number of aliphatic hydroxyl groups is 1. The molecule has 1 saturated heterocycles. The van der Waals surface area contributed by atoms with Crippen molar-refractivity contribution in [2.45, 2.75) is 43.9 Å². The Morgan fingerprint density at radius 2 is 1.82 bits per heavy atom. The zero-order valence-corrected chi connectivity index (χ0v) is 21.3. The number of aromatic nitrogens is 2. The summed E-state index contributed by atoms with van der Waals surface area (Å²) < 4.78 is 39.1. The Morgan fingerprint density at radius 1 is 1.08 bits per heavy atom. The van der Waals surface area contributed by atoms with Gasteiger partial charge in [-0.25, -0.2) is 0 Å². The topological polar surface area (TPSA) is 69.2 Å². The van der Waals surface area contributed by atoms with Crippen molar-refractivity contribution in [2.75, 3.05) is 13.1 Å². The molecule has 2 aromatic carbocycles. The van der Waals surface area contributed by atoms with Crippen LogP contribution < -0.4 is 0 Å². The van der Waals surface area contributed by atoms with Gasteiger partial charge in [-0.1, -0.05) is 41.9 Å². The van der Waals surface area contributed by atoms with Gasteiger partial charge in [0.05, 0.1) is 22.6 Å². The standard InChI is InChI=1S/C29H27ClF3N3O2/c30-21-7-10-24-23(16-21)22(27(35-24)25-9-6-20(18-34-25)29(31,32)33)8-11-26(37)36-14-12-28(38,13-15-36)17-19-4-2-1-3-5-19/h1-7,9-10,16,18,35,38H,8,11-15,17H2. The van der Waals surface area contributed by atoms with Crippen LogP contribution in [0.3, 0.4) is 0 Å². The Balaban J connectivity index is 1.30. The maximum absolute atomic E-state index is 13.1. The molecule has 38 heavy (non-hydrogen) atoms. The zero-order valence-electron chi connectivity index (χ0n) is 20.6. The third-order valence-corrected chi connectivity index (χ3v) is 7.46. The normalized spacial score (nSPS) is 15.7. The van der Waals surface area contributed by atoms with Crippen molar-refractivity contribution in [3.05, 3.63) is 88.6 Å². The minimum atomic E-state index is -4.48. The van der Waals surface area contributed by atoms with Gasteiger partial charge < -0.3 is 15.0 Å². The number of rotatable bonds is 6. The molecule has 0 unspecified atom stereocenters. The van der Waals surface area contributed by atoms with E-state index in [1.54, 1.807) is 23.1 Å². The number of nitrogens with one attached hydrogen (secondary N) is 1. The van der Waals surface area contributed by atoms with Gasteiger partial charge in [-0.05, 0) is 60.7 Å². The molecule has 4 aromatic rings. The number of fused-ring (bicyclic) bond motifs is 1. The molecule has 1 aliphatic heterocycles. The number of carbonyl (C=O) groups is 1. The average Bonchev–Trinajstić information content (AvgIpc) is 3.25.